The van der Waals surface area contributed by atoms with Gasteiger partial charge in [-0.1, -0.05) is 12.1 Å². The average molecular weight is 529 g/mol. The molecule has 3 aliphatic rings. The molecule has 38 heavy (non-hydrogen) atoms. The lowest BCUT2D eigenvalue weighted by molar-refractivity contribution is -0.247. The zero-order valence-electron chi connectivity index (χ0n) is 20.2. The number of hydrogen-bond donors (Lipinski definition) is 7. The van der Waals surface area contributed by atoms with Crippen LogP contribution in [0.3, 0.4) is 0 Å². The molecule has 2 aromatic rings. The van der Waals surface area contributed by atoms with Crippen molar-refractivity contribution in [3.63, 3.8) is 0 Å². The Kier molecular flexibility index (Phi) is 6.29. The van der Waals surface area contributed by atoms with E-state index in [1.807, 2.05) is 0 Å². The van der Waals surface area contributed by atoms with E-state index < -0.39 is 101 Å². The van der Waals surface area contributed by atoms with E-state index in [0.717, 1.165) is 0 Å². The van der Waals surface area contributed by atoms with Gasteiger partial charge in [-0.2, -0.15) is 0 Å². The number of aromatic hydroxyl groups is 3. The molecule has 0 aromatic heterocycles. The molecule has 0 saturated carbocycles. The normalized spacial score (nSPS) is 30.4. The molecule has 0 radical (unpaired) electrons. The maximum Gasteiger partial charge on any atom is 0.202 e. The summed E-state index contributed by atoms with van der Waals surface area (Å²) in [6.45, 7) is 0.530. The minimum Gasteiger partial charge on any atom is -0.507 e. The molecule has 8 N–H and O–H groups in total. The van der Waals surface area contributed by atoms with Crippen molar-refractivity contribution in [2.24, 2.45) is 5.73 Å². The molecule has 1 aliphatic heterocycles. The van der Waals surface area contributed by atoms with Crippen molar-refractivity contribution < 1.29 is 54.5 Å². The zero-order valence-corrected chi connectivity index (χ0v) is 20.2. The average Bonchev–Trinajstić information content (AvgIpc) is 2.86. The van der Waals surface area contributed by atoms with Gasteiger partial charge in [0, 0.05) is 42.0 Å². The number of aliphatic hydroxyl groups is 3. The molecule has 12 heteroatoms. The number of phenols is 3. The van der Waals surface area contributed by atoms with Crippen molar-refractivity contribution >= 4 is 17.3 Å². The molecule has 0 bridgehead atoms. The lowest BCUT2D eigenvalue weighted by Crippen LogP contribution is -2.53. The number of ether oxygens (including phenoxy) is 2. The summed E-state index contributed by atoms with van der Waals surface area (Å²) >= 11 is 0. The Balaban J connectivity index is 1.68. The predicted molar refractivity (Wildman–Crippen MR) is 127 cm³/mol. The van der Waals surface area contributed by atoms with Gasteiger partial charge in [0.2, 0.25) is 5.78 Å². The van der Waals surface area contributed by atoms with Gasteiger partial charge in [-0.3, -0.25) is 14.4 Å². The van der Waals surface area contributed by atoms with Crippen LogP contribution in [0, 0.1) is 0 Å². The molecule has 12 nitrogen and oxygen atoms in total. The second kappa shape index (κ2) is 9.12. The Morgan fingerprint density at radius 1 is 1.13 bits per heavy atom. The monoisotopic (exact) mass is 529 g/mol. The maximum atomic E-state index is 13.4. The largest absolute Gasteiger partial charge is 0.507 e. The zero-order chi connectivity index (χ0) is 27.7. The van der Waals surface area contributed by atoms with E-state index in [9.17, 15) is 45.0 Å². The number of carbonyl (C=O) groups excluding carboxylic acids is 3. The molecule has 0 unspecified atom stereocenters. The Hall–Kier alpha value is -3.39. The maximum absolute atomic E-state index is 13.4. The van der Waals surface area contributed by atoms with E-state index in [1.165, 1.54) is 18.2 Å². The summed E-state index contributed by atoms with van der Waals surface area (Å²) in [7, 11) is 0. The SMILES string of the molecule is C[C@@H]1O[C@@H](O[C@H]2C[C@](O)(C(=O)CO)Cc3c(O)c4c(c(O)c32)C(=O)c2c(O)cccc2C4=O)C[C@H](N)[C@H]1O. The predicted octanol–water partition coefficient (Wildman–Crippen LogP) is -0.302. The van der Waals surface area contributed by atoms with E-state index in [4.69, 9.17) is 15.2 Å². The Morgan fingerprint density at radius 2 is 1.82 bits per heavy atom. The third-order valence-corrected chi connectivity index (χ3v) is 7.60. The lowest BCUT2D eigenvalue weighted by Gasteiger charge is -2.42. The van der Waals surface area contributed by atoms with Gasteiger partial charge in [0.1, 0.15) is 29.5 Å². The Labute approximate surface area is 215 Å². The summed E-state index contributed by atoms with van der Waals surface area (Å²) in [5, 5.41) is 63.7. The molecule has 202 valence electrons. The molecule has 2 aliphatic carbocycles. The number of ketones is 3. The number of rotatable bonds is 4. The molecule has 0 amide bonds. The van der Waals surface area contributed by atoms with Crippen molar-refractivity contribution in [1.82, 2.24) is 0 Å². The lowest BCUT2D eigenvalue weighted by atomic mass is 9.72. The first-order valence-corrected chi connectivity index (χ1v) is 12.0. The molecule has 5 rings (SSSR count). The summed E-state index contributed by atoms with van der Waals surface area (Å²) in [5.74, 6) is -4.72. The smallest absolute Gasteiger partial charge is 0.202 e. The highest BCUT2D eigenvalue weighted by Crippen LogP contribution is 2.52. The first-order valence-electron chi connectivity index (χ1n) is 12.0. The fraction of sp³-hybridized carbons (Fsp3) is 0.423. The van der Waals surface area contributed by atoms with Crippen LogP contribution in [0.15, 0.2) is 18.2 Å². The molecule has 0 spiro atoms. The van der Waals surface area contributed by atoms with Gasteiger partial charge in [0.05, 0.1) is 35.0 Å². The minimum atomic E-state index is -2.26. The van der Waals surface area contributed by atoms with Gasteiger partial charge in [-0.15, -0.1) is 0 Å². The van der Waals surface area contributed by atoms with Crippen LogP contribution in [0.5, 0.6) is 17.2 Å². The van der Waals surface area contributed by atoms with E-state index in [-0.39, 0.29) is 28.7 Å². The van der Waals surface area contributed by atoms with Crippen LogP contribution < -0.4 is 5.73 Å². The van der Waals surface area contributed by atoms with Crippen LogP contribution in [0.25, 0.3) is 0 Å². The third kappa shape index (κ3) is 3.80. The number of hydrogen-bond acceptors (Lipinski definition) is 12. The Morgan fingerprint density at radius 3 is 2.47 bits per heavy atom. The highest BCUT2D eigenvalue weighted by molar-refractivity contribution is 6.31. The number of fused-ring (bicyclic) bond motifs is 3. The van der Waals surface area contributed by atoms with Crippen LogP contribution in [-0.2, 0) is 20.7 Å². The fourth-order valence-corrected chi connectivity index (χ4v) is 5.59. The van der Waals surface area contributed by atoms with Gasteiger partial charge < -0.3 is 45.8 Å². The van der Waals surface area contributed by atoms with Crippen LogP contribution in [0.4, 0.5) is 0 Å². The summed E-state index contributed by atoms with van der Waals surface area (Å²) in [5.41, 5.74) is 1.70. The number of aliphatic hydroxyl groups excluding tert-OH is 2. The van der Waals surface area contributed by atoms with Gasteiger partial charge >= 0.3 is 0 Å². The summed E-state index contributed by atoms with van der Waals surface area (Å²) in [6, 6.07) is 3.09. The second-order valence-corrected chi connectivity index (χ2v) is 9.98. The summed E-state index contributed by atoms with van der Waals surface area (Å²) < 4.78 is 11.7. The number of phenolic OH excluding ortho intramolecular Hbond substituents is 3. The van der Waals surface area contributed by atoms with Gasteiger partial charge in [0.25, 0.3) is 0 Å². The third-order valence-electron chi connectivity index (χ3n) is 7.60. The Bertz CT molecular complexity index is 1360. The number of Topliss-reactive ketones (excluding diaryl/α,β-unsaturated/α-hetero) is 1. The molecule has 2 aromatic carbocycles. The van der Waals surface area contributed by atoms with E-state index in [2.05, 4.69) is 0 Å². The second-order valence-electron chi connectivity index (χ2n) is 9.98. The topological polar surface area (TPSA) is 217 Å². The number of nitrogens with two attached hydrogens (primary N) is 1. The highest BCUT2D eigenvalue weighted by Gasteiger charge is 2.50. The van der Waals surface area contributed by atoms with Crippen molar-refractivity contribution in [2.75, 3.05) is 6.61 Å². The number of benzene rings is 2. The van der Waals surface area contributed by atoms with Gasteiger partial charge in [-0.05, 0) is 13.0 Å². The number of carbonyl (C=O) groups is 3. The highest BCUT2D eigenvalue weighted by atomic mass is 16.7. The van der Waals surface area contributed by atoms with E-state index in [1.54, 1.807) is 6.92 Å². The standard InChI is InChI=1S/C26H27NO11/c1-9-21(31)12(27)5-16(37-9)38-14-7-26(36,15(30)8-28)6-11-18(14)25(35)20-19(23(11)33)22(32)10-3-2-4-13(29)17(10)24(20)34/h2-4,9,12,14,16,21,28-29,31,33,35-36H,5-8,27H2,1H3/t9-,12-,14-,16-,21-,26-/m0/s1. The molecule has 1 fully saturated rings. The molecule has 1 heterocycles. The van der Waals surface area contributed by atoms with Crippen LogP contribution in [0.2, 0.25) is 0 Å². The van der Waals surface area contributed by atoms with E-state index in [0.29, 0.717) is 0 Å². The van der Waals surface area contributed by atoms with Crippen LogP contribution in [-0.4, -0.2) is 84.7 Å². The van der Waals surface area contributed by atoms with Crippen LogP contribution >= 0.6 is 0 Å². The molecule has 1 saturated heterocycles. The first-order chi connectivity index (χ1) is 17.9. The quantitative estimate of drug-likeness (QED) is 0.217. The van der Waals surface area contributed by atoms with E-state index >= 15 is 0 Å². The van der Waals surface area contributed by atoms with Gasteiger partial charge in [0.15, 0.2) is 17.9 Å². The molecular weight excluding hydrogens is 502 g/mol. The summed E-state index contributed by atoms with van der Waals surface area (Å²) in [4.78, 5) is 39.3. The van der Waals surface area contributed by atoms with Crippen molar-refractivity contribution in [3.8, 4) is 17.2 Å². The molecular formula is C26H27NO11. The minimum absolute atomic E-state index is 0.0000635. The fourth-order valence-electron chi connectivity index (χ4n) is 5.59. The van der Waals surface area contributed by atoms with Crippen molar-refractivity contribution in [1.29, 1.82) is 0 Å². The van der Waals surface area contributed by atoms with Crippen LogP contribution in [0.1, 0.15) is 68.8 Å². The van der Waals surface area contributed by atoms with Crippen molar-refractivity contribution in [3.05, 3.63) is 51.6 Å². The first kappa shape index (κ1) is 26.2. The molecule has 6 atom stereocenters. The van der Waals surface area contributed by atoms with Gasteiger partial charge in [-0.25, -0.2) is 0 Å². The van der Waals surface area contributed by atoms with Crippen molar-refractivity contribution in [2.45, 2.75) is 62.4 Å². The summed E-state index contributed by atoms with van der Waals surface area (Å²) in [6.07, 6.45) is -5.27.